The standard InChI is InChI=1S/C42H43N9O6S/c1-6-37(52)44-30-20-31(46-42-43-17-16-29(45-42)27-22-50(4)32-12-8-7-10-25(27)32)35(57-5)21-34(30)48(2)18-19-49(3)39(54)24-58-36-13-9-11-26-28(36)23-51(41(26)56)33-14-15-38(53)47-40(33)55/h6-13,16-17,20-22,33H,1,14-15,18-19,23-24H2,2-5H3,(H,44,52)(H,43,45,46)(H,47,53,55). The molecule has 2 aliphatic rings. The molecule has 5 aromatic rings. The van der Waals surface area contributed by atoms with Crippen LogP contribution in [0, 0.1) is 0 Å². The number of hydrogen-bond acceptors (Lipinski definition) is 11. The van der Waals surface area contributed by atoms with Crippen molar-refractivity contribution in [2.24, 2.45) is 7.05 Å². The summed E-state index contributed by atoms with van der Waals surface area (Å²) in [4.78, 5) is 78.5. The van der Waals surface area contributed by atoms with Crippen molar-refractivity contribution in [3.63, 3.8) is 0 Å². The van der Waals surface area contributed by atoms with E-state index < -0.39 is 17.9 Å². The number of amides is 5. The number of likely N-dealkylation sites (N-methyl/N-ethyl adjacent to an activating group) is 2. The van der Waals surface area contributed by atoms with Crippen molar-refractivity contribution in [2.45, 2.75) is 30.3 Å². The second kappa shape index (κ2) is 16.8. The van der Waals surface area contributed by atoms with Crippen molar-refractivity contribution in [1.82, 2.24) is 29.7 Å². The molecule has 7 rings (SSSR count). The van der Waals surface area contributed by atoms with Gasteiger partial charge in [0.1, 0.15) is 11.8 Å². The first kappa shape index (κ1) is 39.6. The predicted octanol–water partition coefficient (Wildman–Crippen LogP) is 4.96. The van der Waals surface area contributed by atoms with E-state index in [9.17, 15) is 24.0 Å². The van der Waals surface area contributed by atoms with Crippen LogP contribution in [0.1, 0.15) is 28.8 Å². The Hall–Kier alpha value is -6.68. The number of nitrogens with zero attached hydrogens (tertiary/aromatic N) is 6. The van der Waals surface area contributed by atoms with Gasteiger partial charge in [-0.3, -0.25) is 29.3 Å². The van der Waals surface area contributed by atoms with E-state index in [1.165, 1.54) is 22.7 Å². The van der Waals surface area contributed by atoms with Gasteiger partial charge in [-0.15, -0.1) is 11.8 Å². The molecule has 3 N–H and O–H groups in total. The van der Waals surface area contributed by atoms with Crippen LogP contribution >= 0.6 is 11.8 Å². The van der Waals surface area contributed by atoms with Gasteiger partial charge in [-0.1, -0.05) is 30.8 Å². The van der Waals surface area contributed by atoms with Gasteiger partial charge in [0.05, 0.1) is 35.6 Å². The van der Waals surface area contributed by atoms with Crippen LogP contribution in [0.3, 0.4) is 0 Å². The summed E-state index contributed by atoms with van der Waals surface area (Å²) in [5, 5.41) is 9.55. The number of nitrogens with one attached hydrogen (secondary N) is 3. The molecular formula is C42H43N9O6S. The Labute approximate surface area is 339 Å². The van der Waals surface area contributed by atoms with Crippen molar-refractivity contribution in [2.75, 3.05) is 55.6 Å². The van der Waals surface area contributed by atoms with E-state index >= 15 is 0 Å². The van der Waals surface area contributed by atoms with Crippen molar-refractivity contribution in [3.8, 4) is 17.0 Å². The molecule has 4 heterocycles. The molecule has 2 aromatic heterocycles. The summed E-state index contributed by atoms with van der Waals surface area (Å²) < 4.78 is 7.85. The van der Waals surface area contributed by atoms with Crippen LogP contribution in [-0.2, 0) is 32.8 Å². The SMILES string of the molecule is C=CC(=O)Nc1cc(Nc2nccc(-c3cn(C)c4ccccc34)n2)c(OC)cc1N(C)CCN(C)C(=O)CSc1cccc2c1CN(C1CCC(=O)NC1=O)C2=O. The van der Waals surface area contributed by atoms with E-state index in [-0.39, 0.29) is 42.9 Å². The number of aromatic nitrogens is 3. The number of fused-ring (bicyclic) bond motifs is 2. The molecule has 3 aromatic carbocycles. The zero-order valence-electron chi connectivity index (χ0n) is 32.6. The number of piperidine rings is 1. The lowest BCUT2D eigenvalue weighted by Gasteiger charge is -2.29. The summed E-state index contributed by atoms with van der Waals surface area (Å²) in [5.74, 6) is -0.658. The van der Waals surface area contributed by atoms with Crippen LogP contribution in [-0.4, -0.2) is 100.0 Å². The fourth-order valence-corrected chi connectivity index (χ4v) is 8.18. The van der Waals surface area contributed by atoms with E-state index in [2.05, 4.69) is 44.2 Å². The number of anilines is 4. The Balaban J connectivity index is 1.02. The number of aryl methyl sites for hydroxylation is 1. The Morgan fingerprint density at radius 1 is 1.05 bits per heavy atom. The fourth-order valence-electron chi connectivity index (χ4n) is 7.16. The van der Waals surface area contributed by atoms with Crippen molar-refractivity contribution >= 4 is 75.2 Å². The molecule has 0 radical (unpaired) electrons. The first-order chi connectivity index (χ1) is 27.9. The smallest absolute Gasteiger partial charge is 0.255 e. The zero-order valence-corrected chi connectivity index (χ0v) is 33.4. The van der Waals surface area contributed by atoms with Crippen LogP contribution in [0.2, 0.25) is 0 Å². The molecule has 16 heteroatoms. The lowest BCUT2D eigenvalue weighted by atomic mass is 10.0. The van der Waals surface area contributed by atoms with Crippen LogP contribution in [0.4, 0.5) is 23.0 Å². The lowest BCUT2D eigenvalue weighted by molar-refractivity contribution is -0.137. The third-order valence-corrected chi connectivity index (χ3v) is 11.4. The van der Waals surface area contributed by atoms with Crippen molar-refractivity contribution < 1.29 is 28.7 Å². The van der Waals surface area contributed by atoms with E-state index in [1.807, 2.05) is 49.5 Å². The molecule has 0 saturated carbocycles. The number of benzene rings is 3. The lowest BCUT2D eigenvalue weighted by Crippen LogP contribution is -2.52. The van der Waals surface area contributed by atoms with Gasteiger partial charge >= 0.3 is 0 Å². The predicted molar refractivity (Wildman–Crippen MR) is 223 cm³/mol. The van der Waals surface area contributed by atoms with Crippen molar-refractivity contribution in [3.05, 3.63) is 96.8 Å². The highest BCUT2D eigenvalue weighted by Gasteiger charge is 2.40. The first-order valence-corrected chi connectivity index (χ1v) is 19.6. The normalized spacial score (nSPS) is 14.9. The van der Waals surface area contributed by atoms with Crippen LogP contribution in [0.25, 0.3) is 22.2 Å². The molecule has 2 aliphatic heterocycles. The quantitative estimate of drug-likeness (QED) is 0.0788. The number of carbonyl (C=O) groups is 5. The Morgan fingerprint density at radius 2 is 1.86 bits per heavy atom. The maximum absolute atomic E-state index is 13.4. The summed E-state index contributed by atoms with van der Waals surface area (Å²) in [6.07, 6.45) is 5.35. The minimum Gasteiger partial charge on any atom is -0.494 e. The highest BCUT2D eigenvalue weighted by molar-refractivity contribution is 8.00. The van der Waals surface area contributed by atoms with Gasteiger partial charge in [-0.25, -0.2) is 9.97 Å². The first-order valence-electron chi connectivity index (χ1n) is 18.6. The topological polar surface area (TPSA) is 171 Å². The summed E-state index contributed by atoms with van der Waals surface area (Å²) in [6, 6.07) is 18.1. The number of imide groups is 1. The Morgan fingerprint density at radius 3 is 2.64 bits per heavy atom. The highest BCUT2D eigenvalue weighted by Crippen LogP contribution is 2.39. The van der Waals surface area contributed by atoms with E-state index in [1.54, 1.807) is 49.5 Å². The maximum Gasteiger partial charge on any atom is 0.255 e. The molecular weight excluding hydrogens is 759 g/mol. The number of thioether (sulfide) groups is 1. The van der Waals surface area contributed by atoms with Gasteiger partial charge in [-0.2, -0.15) is 0 Å². The number of methoxy groups -OCH3 is 1. The summed E-state index contributed by atoms with van der Waals surface area (Å²) in [5.41, 5.74) is 5.69. The molecule has 5 amide bonds. The van der Waals surface area contributed by atoms with Gasteiger partial charge in [0.15, 0.2) is 0 Å². The van der Waals surface area contributed by atoms with E-state index in [0.717, 1.165) is 32.6 Å². The summed E-state index contributed by atoms with van der Waals surface area (Å²) >= 11 is 1.33. The molecule has 1 saturated heterocycles. The average Bonchev–Trinajstić information content (AvgIpc) is 3.75. The second-order valence-electron chi connectivity index (χ2n) is 14.0. The summed E-state index contributed by atoms with van der Waals surface area (Å²) in [6.45, 7) is 4.60. The minimum atomic E-state index is -0.717. The molecule has 15 nitrogen and oxygen atoms in total. The van der Waals surface area contributed by atoms with Gasteiger partial charge < -0.3 is 34.6 Å². The molecule has 0 aliphatic carbocycles. The molecule has 0 bridgehead atoms. The monoisotopic (exact) mass is 801 g/mol. The third kappa shape index (κ3) is 8.09. The van der Waals surface area contributed by atoms with Crippen LogP contribution < -0.4 is 25.6 Å². The van der Waals surface area contributed by atoms with Crippen LogP contribution in [0.15, 0.2) is 90.6 Å². The van der Waals surface area contributed by atoms with Crippen molar-refractivity contribution in [1.29, 1.82) is 0 Å². The molecule has 0 spiro atoms. The molecule has 1 unspecified atom stereocenters. The number of rotatable bonds is 14. The zero-order chi connectivity index (χ0) is 41.1. The largest absolute Gasteiger partial charge is 0.494 e. The summed E-state index contributed by atoms with van der Waals surface area (Å²) in [7, 11) is 7.12. The Bertz CT molecular complexity index is 2470. The number of para-hydroxylation sites is 1. The fraction of sp³-hybridized carbons (Fsp3) is 0.262. The number of hydrogen-bond donors (Lipinski definition) is 3. The van der Waals surface area contributed by atoms with Crippen LogP contribution in [0.5, 0.6) is 5.75 Å². The minimum absolute atomic E-state index is 0.120. The molecule has 1 atom stereocenters. The van der Waals surface area contributed by atoms with Gasteiger partial charge in [0, 0.05) is 92.6 Å². The van der Waals surface area contributed by atoms with Gasteiger partial charge in [0.25, 0.3) is 5.91 Å². The van der Waals surface area contributed by atoms with Gasteiger partial charge in [-0.05, 0) is 48.4 Å². The highest BCUT2D eigenvalue weighted by atomic mass is 32.2. The van der Waals surface area contributed by atoms with E-state index in [4.69, 9.17) is 9.72 Å². The van der Waals surface area contributed by atoms with Gasteiger partial charge in [0.2, 0.25) is 29.6 Å². The molecule has 58 heavy (non-hydrogen) atoms. The average molecular weight is 802 g/mol. The molecule has 1 fully saturated rings. The maximum atomic E-state index is 13.4. The second-order valence-corrected chi connectivity index (χ2v) is 15.0. The number of ether oxygens (including phenoxy) is 1. The third-order valence-electron chi connectivity index (χ3n) is 10.3. The Kier molecular flexibility index (Phi) is 11.5. The number of carbonyl (C=O) groups excluding carboxylic acids is 5. The van der Waals surface area contributed by atoms with E-state index in [0.29, 0.717) is 47.4 Å². The molecule has 298 valence electrons.